The lowest BCUT2D eigenvalue weighted by Crippen LogP contribution is -2.30. The number of hydrogen-bond donors (Lipinski definition) is 1. The van der Waals surface area contributed by atoms with Crippen LogP contribution in [0.5, 0.6) is 0 Å². The highest BCUT2D eigenvalue weighted by molar-refractivity contribution is 7.16. The van der Waals surface area contributed by atoms with Crippen molar-refractivity contribution in [1.82, 2.24) is 14.9 Å². The Hall–Kier alpha value is -2.40. The van der Waals surface area contributed by atoms with Gasteiger partial charge in [-0.05, 0) is 25.0 Å². The first kappa shape index (κ1) is 14.2. The van der Waals surface area contributed by atoms with E-state index < -0.39 is 0 Å². The molecule has 1 aliphatic rings. The lowest BCUT2D eigenvalue weighted by molar-refractivity contribution is 0.0738. The van der Waals surface area contributed by atoms with E-state index in [-0.39, 0.29) is 11.9 Å². The number of carbonyl (C=O) groups is 1. The van der Waals surface area contributed by atoms with E-state index in [0.29, 0.717) is 4.88 Å². The molecule has 0 aliphatic carbocycles. The summed E-state index contributed by atoms with van der Waals surface area (Å²) in [6, 6.07) is 14.2. The van der Waals surface area contributed by atoms with E-state index >= 15 is 0 Å². The van der Waals surface area contributed by atoms with Crippen LogP contribution in [-0.4, -0.2) is 27.3 Å². The van der Waals surface area contributed by atoms with Gasteiger partial charge in [-0.25, -0.2) is 4.98 Å². The third kappa shape index (κ3) is 2.68. The van der Waals surface area contributed by atoms with Crippen LogP contribution >= 0.6 is 11.3 Å². The predicted octanol–water partition coefficient (Wildman–Crippen LogP) is 4.12. The fraction of sp³-hybridized carbons (Fsp3) is 0.222. The van der Waals surface area contributed by atoms with Gasteiger partial charge >= 0.3 is 0 Å². The Bertz CT molecular complexity index is 795. The summed E-state index contributed by atoms with van der Waals surface area (Å²) in [6.45, 7) is 0.807. The van der Waals surface area contributed by atoms with Gasteiger partial charge in [-0.15, -0.1) is 11.3 Å². The maximum atomic E-state index is 12.9. The van der Waals surface area contributed by atoms with Crippen LogP contribution in [0.4, 0.5) is 0 Å². The molecule has 0 saturated carbocycles. The summed E-state index contributed by atoms with van der Waals surface area (Å²) in [7, 11) is 0. The highest BCUT2D eigenvalue weighted by Crippen LogP contribution is 2.34. The number of thiazole rings is 1. The lowest BCUT2D eigenvalue weighted by Gasteiger charge is -2.23. The largest absolute Gasteiger partial charge is 0.363 e. The van der Waals surface area contributed by atoms with Gasteiger partial charge in [0, 0.05) is 24.0 Å². The summed E-state index contributed by atoms with van der Waals surface area (Å²) in [5, 5.41) is 0.893. The van der Waals surface area contributed by atoms with Crippen LogP contribution in [0, 0.1) is 0 Å². The molecule has 0 bridgehead atoms. The van der Waals surface area contributed by atoms with E-state index in [2.05, 4.69) is 16.0 Å². The summed E-state index contributed by atoms with van der Waals surface area (Å²) in [4.78, 5) is 23.2. The summed E-state index contributed by atoms with van der Waals surface area (Å²) in [5.74, 6) is 0.0850. The molecule has 0 spiro atoms. The average molecular weight is 323 g/mol. The number of aromatic amines is 1. The molecule has 116 valence electrons. The summed E-state index contributed by atoms with van der Waals surface area (Å²) in [5.41, 5.74) is 2.17. The number of nitrogens with zero attached hydrogens (tertiary/aromatic N) is 2. The lowest BCUT2D eigenvalue weighted by atomic mass is 10.1. The van der Waals surface area contributed by atoms with Gasteiger partial charge < -0.3 is 9.88 Å². The van der Waals surface area contributed by atoms with Gasteiger partial charge in [0.25, 0.3) is 5.91 Å². The van der Waals surface area contributed by atoms with Gasteiger partial charge in [0.05, 0.1) is 12.2 Å². The molecule has 3 heterocycles. The maximum absolute atomic E-state index is 12.9. The van der Waals surface area contributed by atoms with Crippen LogP contribution in [0.1, 0.15) is 34.2 Å². The number of aromatic nitrogens is 2. The second-order valence-electron chi connectivity index (χ2n) is 5.68. The normalized spacial score (nSPS) is 17.6. The Morgan fingerprint density at radius 1 is 1.22 bits per heavy atom. The Balaban J connectivity index is 1.59. The van der Waals surface area contributed by atoms with Gasteiger partial charge in [-0.3, -0.25) is 4.79 Å². The number of nitrogens with one attached hydrogen (secondary N) is 1. The zero-order chi connectivity index (χ0) is 15.6. The minimum atomic E-state index is 0.0850. The second-order valence-corrected chi connectivity index (χ2v) is 6.71. The third-order valence-corrected chi connectivity index (χ3v) is 5.27. The van der Waals surface area contributed by atoms with Crippen LogP contribution in [0.15, 0.2) is 54.9 Å². The van der Waals surface area contributed by atoms with Crippen molar-refractivity contribution in [3.63, 3.8) is 0 Å². The molecule has 4 nitrogen and oxygen atoms in total. The van der Waals surface area contributed by atoms with E-state index in [4.69, 9.17) is 0 Å². The zero-order valence-electron chi connectivity index (χ0n) is 12.6. The first-order valence-electron chi connectivity index (χ1n) is 7.78. The topological polar surface area (TPSA) is 49.0 Å². The first-order chi connectivity index (χ1) is 11.3. The van der Waals surface area contributed by atoms with Gasteiger partial charge in [0.1, 0.15) is 9.88 Å². The molecule has 5 heteroatoms. The van der Waals surface area contributed by atoms with E-state index in [9.17, 15) is 4.79 Å². The number of rotatable bonds is 3. The van der Waals surface area contributed by atoms with Crippen molar-refractivity contribution >= 4 is 17.2 Å². The molecule has 1 N–H and O–H groups in total. The molecule has 23 heavy (non-hydrogen) atoms. The van der Waals surface area contributed by atoms with Crippen LogP contribution in [0.3, 0.4) is 0 Å². The van der Waals surface area contributed by atoms with Crippen molar-refractivity contribution < 1.29 is 4.79 Å². The van der Waals surface area contributed by atoms with E-state index in [0.717, 1.165) is 35.7 Å². The van der Waals surface area contributed by atoms with Crippen molar-refractivity contribution in [3.8, 4) is 10.6 Å². The Kier molecular flexibility index (Phi) is 3.71. The third-order valence-electron chi connectivity index (χ3n) is 4.23. The van der Waals surface area contributed by atoms with Crippen molar-refractivity contribution in [2.24, 2.45) is 0 Å². The van der Waals surface area contributed by atoms with Gasteiger partial charge in [-0.1, -0.05) is 30.3 Å². The van der Waals surface area contributed by atoms with Gasteiger partial charge in [0.2, 0.25) is 0 Å². The van der Waals surface area contributed by atoms with E-state index in [1.54, 1.807) is 6.20 Å². The summed E-state index contributed by atoms with van der Waals surface area (Å²) >= 11 is 1.47. The number of likely N-dealkylation sites (tertiary alicyclic amines) is 1. The highest BCUT2D eigenvalue weighted by atomic mass is 32.1. The zero-order valence-corrected chi connectivity index (χ0v) is 13.4. The SMILES string of the molecule is O=C(c1cnc(-c2ccccc2)s1)N1CCC[C@H]1c1ccc[nH]1. The fourth-order valence-corrected chi connectivity index (χ4v) is 3.99. The Labute approximate surface area is 138 Å². The molecule has 0 radical (unpaired) electrons. The minimum Gasteiger partial charge on any atom is -0.363 e. The summed E-state index contributed by atoms with van der Waals surface area (Å²) in [6.07, 6.45) is 5.67. The van der Waals surface area contributed by atoms with Crippen LogP contribution in [0.2, 0.25) is 0 Å². The molecule has 1 fully saturated rings. The molecule has 0 unspecified atom stereocenters. The van der Waals surface area contributed by atoms with Crippen molar-refractivity contribution in [3.05, 3.63) is 65.4 Å². The Morgan fingerprint density at radius 2 is 2.09 bits per heavy atom. The van der Waals surface area contributed by atoms with Gasteiger partial charge in [0.15, 0.2) is 0 Å². The molecule has 1 saturated heterocycles. The maximum Gasteiger partial charge on any atom is 0.266 e. The number of carbonyl (C=O) groups excluding carboxylic acids is 1. The minimum absolute atomic E-state index is 0.0850. The number of amides is 1. The smallest absolute Gasteiger partial charge is 0.266 e. The average Bonchev–Trinajstić information content (AvgIpc) is 3.34. The molecule has 4 rings (SSSR count). The van der Waals surface area contributed by atoms with E-state index in [1.165, 1.54) is 11.3 Å². The van der Waals surface area contributed by atoms with Crippen LogP contribution in [0.25, 0.3) is 10.6 Å². The first-order valence-corrected chi connectivity index (χ1v) is 8.60. The molecule has 1 amide bonds. The van der Waals surface area contributed by atoms with Crippen molar-refractivity contribution in [2.75, 3.05) is 6.54 Å². The monoisotopic (exact) mass is 323 g/mol. The Morgan fingerprint density at radius 3 is 2.87 bits per heavy atom. The molecule has 1 aliphatic heterocycles. The molecule has 2 aromatic heterocycles. The fourth-order valence-electron chi connectivity index (χ4n) is 3.11. The second kappa shape index (κ2) is 6.01. The number of hydrogen-bond acceptors (Lipinski definition) is 3. The van der Waals surface area contributed by atoms with E-state index in [1.807, 2.05) is 47.5 Å². The predicted molar refractivity (Wildman–Crippen MR) is 91.4 cm³/mol. The molecular weight excluding hydrogens is 306 g/mol. The molecular formula is C18H17N3OS. The van der Waals surface area contributed by atoms with Crippen LogP contribution < -0.4 is 0 Å². The number of benzene rings is 1. The molecule has 1 aromatic carbocycles. The van der Waals surface area contributed by atoms with Crippen LogP contribution in [-0.2, 0) is 0 Å². The van der Waals surface area contributed by atoms with Crippen molar-refractivity contribution in [1.29, 1.82) is 0 Å². The van der Waals surface area contributed by atoms with Gasteiger partial charge in [-0.2, -0.15) is 0 Å². The summed E-state index contributed by atoms with van der Waals surface area (Å²) < 4.78 is 0. The van der Waals surface area contributed by atoms with Crippen molar-refractivity contribution in [2.45, 2.75) is 18.9 Å². The quantitative estimate of drug-likeness (QED) is 0.788. The number of H-pyrrole nitrogens is 1. The highest BCUT2D eigenvalue weighted by Gasteiger charge is 2.32. The molecule has 1 atom stereocenters. The standard InChI is InChI=1S/C18H17N3OS/c22-18(21-11-5-9-15(21)14-8-4-10-19-14)16-12-20-17(23-16)13-6-2-1-3-7-13/h1-4,6-8,10,12,15,19H,5,9,11H2/t15-/m0/s1. The molecule has 3 aromatic rings.